The molecule has 0 saturated carbocycles. The van der Waals surface area contributed by atoms with Gasteiger partial charge in [-0.15, -0.1) is 0 Å². The molecule has 0 aliphatic heterocycles. The van der Waals surface area contributed by atoms with E-state index in [-0.39, 0.29) is 24.2 Å². The van der Waals surface area contributed by atoms with E-state index in [4.69, 9.17) is 5.26 Å². The van der Waals surface area contributed by atoms with E-state index in [9.17, 15) is 14.7 Å². The Bertz CT molecular complexity index is 754. The molecule has 0 aromatic heterocycles. The van der Waals surface area contributed by atoms with E-state index in [2.05, 4.69) is 10.6 Å². The molecular formula is C18H17N3O3. The molecule has 2 rings (SSSR count). The number of nitriles is 1. The van der Waals surface area contributed by atoms with Crippen LogP contribution in [0.15, 0.2) is 54.6 Å². The summed E-state index contributed by atoms with van der Waals surface area (Å²) in [5.41, 5.74) is 1.31. The Hall–Kier alpha value is -3.17. The van der Waals surface area contributed by atoms with Gasteiger partial charge in [0.1, 0.15) is 6.07 Å². The third-order valence-corrected chi connectivity index (χ3v) is 3.39. The number of para-hydroxylation sites is 1. The van der Waals surface area contributed by atoms with Crippen LogP contribution in [0.3, 0.4) is 0 Å². The summed E-state index contributed by atoms with van der Waals surface area (Å²) >= 11 is 0. The van der Waals surface area contributed by atoms with E-state index < -0.39 is 17.9 Å². The molecule has 0 heterocycles. The number of carbonyl (C=O) groups is 2. The first-order valence-corrected chi connectivity index (χ1v) is 7.43. The molecule has 1 atom stereocenters. The van der Waals surface area contributed by atoms with Crippen molar-refractivity contribution in [3.63, 3.8) is 0 Å². The third-order valence-electron chi connectivity index (χ3n) is 3.39. The van der Waals surface area contributed by atoms with Gasteiger partial charge in [-0.2, -0.15) is 5.26 Å². The second-order valence-corrected chi connectivity index (χ2v) is 5.08. The minimum absolute atomic E-state index is 0.155. The van der Waals surface area contributed by atoms with Gasteiger partial charge in [-0.3, -0.25) is 9.59 Å². The maximum Gasteiger partial charge on any atom is 0.313 e. The van der Waals surface area contributed by atoms with E-state index in [1.807, 2.05) is 24.3 Å². The zero-order valence-corrected chi connectivity index (χ0v) is 12.9. The zero-order valence-electron chi connectivity index (χ0n) is 12.9. The molecule has 0 saturated heterocycles. The Morgan fingerprint density at radius 3 is 2.42 bits per heavy atom. The van der Waals surface area contributed by atoms with Crippen LogP contribution in [0.25, 0.3) is 0 Å². The highest BCUT2D eigenvalue weighted by atomic mass is 16.3. The number of benzene rings is 2. The van der Waals surface area contributed by atoms with Crippen molar-refractivity contribution < 1.29 is 14.7 Å². The van der Waals surface area contributed by atoms with Crippen molar-refractivity contribution in [3.8, 4) is 6.07 Å². The number of rotatable bonds is 5. The number of aliphatic hydroxyl groups excluding tert-OH is 1. The molecule has 0 fully saturated rings. The number of amides is 2. The van der Waals surface area contributed by atoms with E-state index in [0.717, 1.165) is 5.56 Å². The highest BCUT2D eigenvalue weighted by molar-refractivity contribution is 6.39. The summed E-state index contributed by atoms with van der Waals surface area (Å²) in [6.07, 6.45) is -0.425. The molecule has 0 radical (unpaired) electrons. The van der Waals surface area contributed by atoms with Gasteiger partial charge in [-0.25, -0.2) is 0 Å². The average Bonchev–Trinajstić information content (AvgIpc) is 2.62. The van der Waals surface area contributed by atoms with Crippen LogP contribution < -0.4 is 10.6 Å². The van der Waals surface area contributed by atoms with Gasteiger partial charge in [0, 0.05) is 6.54 Å². The van der Waals surface area contributed by atoms with Crippen LogP contribution in [0.4, 0.5) is 5.69 Å². The summed E-state index contributed by atoms with van der Waals surface area (Å²) in [4.78, 5) is 23.6. The lowest BCUT2D eigenvalue weighted by atomic mass is 10.1. The fourth-order valence-electron chi connectivity index (χ4n) is 2.11. The SMILES string of the molecule is N#Cc1ccccc1NC(=O)C(=O)NCCC(O)c1ccccc1. The lowest BCUT2D eigenvalue weighted by Gasteiger charge is -2.11. The highest BCUT2D eigenvalue weighted by Gasteiger charge is 2.15. The number of anilines is 1. The van der Waals surface area contributed by atoms with Crippen LogP contribution in [-0.2, 0) is 9.59 Å². The molecule has 2 amide bonds. The largest absolute Gasteiger partial charge is 0.388 e. The first-order chi connectivity index (χ1) is 11.6. The van der Waals surface area contributed by atoms with Crippen molar-refractivity contribution >= 4 is 17.5 Å². The monoisotopic (exact) mass is 323 g/mol. The van der Waals surface area contributed by atoms with Gasteiger partial charge in [0.15, 0.2) is 0 Å². The Kier molecular flexibility index (Phi) is 6.06. The maximum absolute atomic E-state index is 11.8. The Morgan fingerprint density at radius 1 is 1.04 bits per heavy atom. The lowest BCUT2D eigenvalue weighted by Crippen LogP contribution is -2.36. The number of nitrogens with one attached hydrogen (secondary N) is 2. The minimum Gasteiger partial charge on any atom is -0.388 e. The van der Waals surface area contributed by atoms with Gasteiger partial charge in [0.05, 0.1) is 17.4 Å². The number of hydrogen-bond donors (Lipinski definition) is 3. The molecule has 2 aromatic rings. The van der Waals surface area contributed by atoms with Crippen molar-refractivity contribution in [1.82, 2.24) is 5.32 Å². The summed E-state index contributed by atoms with van der Waals surface area (Å²) in [5.74, 6) is -1.67. The Labute approximate surface area is 139 Å². The van der Waals surface area contributed by atoms with Crippen LogP contribution in [0.1, 0.15) is 23.7 Å². The zero-order chi connectivity index (χ0) is 17.4. The number of carbonyl (C=O) groups excluding carboxylic acids is 2. The van der Waals surface area contributed by atoms with E-state index >= 15 is 0 Å². The molecule has 3 N–H and O–H groups in total. The molecule has 2 aromatic carbocycles. The lowest BCUT2D eigenvalue weighted by molar-refractivity contribution is -0.136. The molecule has 24 heavy (non-hydrogen) atoms. The summed E-state index contributed by atoms with van der Waals surface area (Å²) < 4.78 is 0. The van der Waals surface area contributed by atoms with E-state index in [0.29, 0.717) is 0 Å². The predicted molar refractivity (Wildman–Crippen MR) is 88.8 cm³/mol. The van der Waals surface area contributed by atoms with Crippen molar-refractivity contribution in [3.05, 3.63) is 65.7 Å². The normalized spacial score (nSPS) is 11.2. The molecule has 0 bridgehead atoms. The fourth-order valence-corrected chi connectivity index (χ4v) is 2.11. The van der Waals surface area contributed by atoms with E-state index in [1.54, 1.807) is 36.4 Å². The van der Waals surface area contributed by atoms with Crippen LogP contribution >= 0.6 is 0 Å². The first-order valence-electron chi connectivity index (χ1n) is 7.43. The smallest absolute Gasteiger partial charge is 0.313 e. The standard InChI is InChI=1S/C18H17N3O3/c19-12-14-8-4-5-9-15(14)21-18(24)17(23)20-11-10-16(22)13-6-2-1-3-7-13/h1-9,16,22H,10-11H2,(H,20,23)(H,21,24). The van der Waals surface area contributed by atoms with Gasteiger partial charge in [0.2, 0.25) is 0 Å². The van der Waals surface area contributed by atoms with Gasteiger partial charge in [-0.05, 0) is 24.1 Å². The first kappa shape index (κ1) is 17.2. The fraction of sp³-hybridized carbons (Fsp3) is 0.167. The number of nitrogens with zero attached hydrogens (tertiary/aromatic N) is 1. The highest BCUT2D eigenvalue weighted by Crippen LogP contribution is 2.15. The maximum atomic E-state index is 11.8. The second-order valence-electron chi connectivity index (χ2n) is 5.08. The number of aliphatic hydroxyl groups is 1. The molecule has 6 heteroatoms. The minimum atomic E-state index is -0.855. The molecule has 0 aliphatic carbocycles. The van der Waals surface area contributed by atoms with Crippen molar-refractivity contribution in [2.75, 3.05) is 11.9 Å². The summed E-state index contributed by atoms with van der Waals surface area (Å²) in [6, 6.07) is 17.4. The Morgan fingerprint density at radius 2 is 1.71 bits per heavy atom. The van der Waals surface area contributed by atoms with Crippen LogP contribution in [0.5, 0.6) is 0 Å². The van der Waals surface area contributed by atoms with Crippen molar-refractivity contribution in [1.29, 1.82) is 5.26 Å². The number of hydrogen-bond acceptors (Lipinski definition) is 4. The van der Waals surface area contributed by atoms with Crippen molar-refractivity contribution in [2.45, 2.75) is 12.5 Å². The van der Waals surface area contributed by atoms with Crippen molar-refractivity contribution in [2.24, 2.45) is 0 Å². The third kappa shape index (κ3) is 4.66. The average molecular weight is 323 g/mol. The summed E-state index contributed by atoms with van der Waals surface area (Å²) in [6.45, 7) is 0.155. The summed E-state index contributed by atoms with van der Waals surface area (Å²) in [7, 11) is 0. The topological polar surface area (TPSA) is 102 Å². The van der Waals surface area contributed by atoms with Gasteiger partial charge in [-0.1, -0.05) is 42.5 Å². The second kappa shape index (κ2) is 8.46. The molecule has 0 aliphatic rings. The van der Waals surface area contributed by atoms with Gasteiger partial charge in [0.25, 0.3) is 0 Å². The quantitative estimate of drug-likeness (QED) is 0.729. The van der Waals surface area contributed by atoms with Crippen LogP contribution in [-0.4, -0.2) is 23.5 Å². The van der Waals surface area contributed by atoms with Crippen LogP contribution in [0.2, 0.25) is 0 Å². The Balaban J connectivity index is 1.82. The van der Waals surface area contributed by atoms with Gasteiger partial charge >= 0.3 is 11.8 Å². The predicted octanol–water partition coefficient (Wildman–Crippen LogP) is 1.74. The van der Waals surface area contributed by atoms with Gasteiger partial charge < -0.3 is 15.7 Å². The molecule has 1 unspecified atom stereocenters. The van der Waals surface area contributed by atoms with E-state index in [1.165, 1.54) is 0 Å². The molecule has 0 spiro atoms. The van der Waals surface area contributed by atoms with Crippen LogP contribution in [0, 0.1) is 11.3 Å². The molecule has 6 nitrogen and oxygen atoms in total. The molecular weight excluding hydrogens is 306 g/mol. The summed E-state index contributed by atoms with van der Waals surface area (Å²) in [5, 5.41) is 23.8. The molecule has 122 valence electrons.